The summed E-state index contributed by atoms with van der Waals surface area (Å²) in [5.74, 6) is 1.06. The van der Waals surface area contributed by atoms with Crippen molar-refractivity contribution in [1.29, 1.82) is 0 Å². The molecule has 29 heavy (non-hydrogen) atoms. The number of hydrogen-bond acceptors (Lipinski definition) is 5. The highest BCUT2D eigenvalue weighted by Crippen LogP contribution is 2.12. The molecule has 158 valence electrons. The summed E-state index contributed by atoms with van der Waals surface area (Å²) in [5, 5.41) is 28.2. The summed E-state index contributed by atoms with van der Waals surface area (Å²) in [4.78, 5) is 11.6. The highest BCUT2D eigenvalue weighted by molar-refractivity contribution is 6.18. The third-order valence-electron chi connectivity index (χ3n) is 4.12. The van der Waals surface area contributed by atoms with Crippen LogP contribution in [0.2, 0.25) is 0 Å². The fourth-order valence-electron chi connectivity index (χ4n) is 2.62. The van der Waals surface area contributed by atoms with Gasteiger partial charge in [-0.25, -0.2) is 4.79 Å². The van der Waals surface area contributed by atoms with Gasteiger partial charge in [-0.15, -0.1) is 11.6 Å². The Labute approximate surface area is 176 Å². The average molecular weight is 422 g/mol. The van der Waals surface area contributed by atoms with E-state index in [0.29, 0.717) is 36.8 Å². The molecule has 0 aliphatic rings. The molecule has 0 aliphatic heterocycles. The van der Waals surface area contributed by atoms with E-state index in [-0.39, 0.29) is 25.3 Å². The number of alkyl halides is 1. The molecule has 0 spiro atoms. The Bertz CT molecular complexity index is 716. The number of carbonyl (C=O) groups excluding carboxylic acids is 1. The Hall–Kier alpha value is -2.32. The van der Waals surface area contributed by atoms with Crippen molar-refractivity contribution in [3.8, 4) is 5.75 Å². The molecule has 0 radical (unpaired) electrons. The number of aliphatic hydroxyl groups is 2. The molecular weight excluding hydrogens is 394 g/mol. The lowest BCUT2D eigenvalue weighted by Crippen LogP contribution is -2.41. The quantitative estimate of drug-likeness (QED) is 0.337. The number of urea groups is 1. The van der Waals surface area contributed by atoms with Gasteiger partial charge >= 0.3 is 6.03 Å². The van der Waals surface area contributed by atoms with Crippen molar-refractivity contribution < 1.29 is 19.7 Å². The van der Waals surface area contributed by atoms with Crippen LogP contribution in [0.15, 0.2) is 54.6 Å². The lowest BCUT2D eigenvalue weighted by atomic mass is 10.1. The summed E-state index contributed by atoms with van der Waals surface area (Å²) in [6.07, 6.45) is -0.107. The topological polar surface area (TPSA) is 103 Å². The summed E-state index contributed by atoms with van der Waals surface area (Å²) < 4.78 is 5.52. The minimum atomic E-state index is -0.692. The van der Waals surface area contributed by atoms with Gasteiger partial charge in [-0.1, -0.05) is 30.3 Å². The van der Waals surface area contributed by atoms with Crippen LogP contribution in [0, 0.1) is 0 Å². The van der Waals surface area contributed by atoms with E-state index in [0.717, 1.165) is 5.56 Å². The number of nitrogens with one attached hydrogen (secondary N) is 3. The number of ether oxygens (including phenoxy) is 1. The standard InChI is InChI=1S/C21H28ClN3O4/c22-10-11-23-21(28)25-17-8-6-16(7-9-17)12-18(14-26)24-13-19(27)15-29-20-4-2-1-3-5-20/h1-9,18-19,24,26-27H,10-15H2,(H2,23,25,28)/t18-,19-/m0/s1. The van der Waals surface area contributed by atoms with Gasteiger partial charge in [-0.2, -0.15) is 0 Å². The van der Waals surface area contributed by atoms with Gasteiger partial charge in [-0.05, 0) is 36.2 Å². The highest BCUT2D eigenvalue weighted by Gasteiger charge is 2.12. The van der Waals surface area contributed by atoms with E-state index >= 15 is 0 Å². The van der Waals surface area contributed by atoms with Crippen molar-refractivity contribution in [1.82, 2.24) is 10.6 Å². The number of aliphatic hydroxyl groups excluding tert-OH is 2. The lowest BCUT2D eigenvalue weighted by molar-refractivity contribution is 0.0997. The monoisotopic (exact) mass is 421 g/mol. The summed E-state index contributed by atoms with van der Waals surface area (Å²) in [6.45, 7) is 0.810. The smallest absolute Gasteiger partial charge is 0.319 e. The van der Waals surface area contributed by atoms with Crippen LogP contribution in [0.3, 0.4) is 0 Å². The van der Waals surface area contributed by atoms with Crippen LogP contribution in [0.5, 0.6) is 5.75 Å². The molecule has 5 N–H and O–H groups in total. The van der Waals surface area contributed by atoms with Crippen molar-refractivity contribution in [3.05, 3.63) is 60.2 Å². The van der Waals surface area contributed by atoms with Gasteiger partial charge in [0, 0.05) is 30.7 Å². The fourth-order valence-corrected chi connectivity index (χ4v) is 2.71. The Morgan fingerprint density at radius 1 is 1.10 bits per heavy atom. The normalized spacial score (nSPS) is 12.8. The second-order valence-electron chi connectivity index (χ2n) is 6.54. The molecule has 0 heterocycles. The highest BCUT2D eigenvalue weighted by atomic mass is 35.5. The molecule has 2 atom stereocenters. The first-order valence-electron chi connectivity index (χ1n) is 9.50. The van der Waals surface area contributed by atoms with Crippen molar-refractivity contribution in [2.24, 2.45) is 0 Å². The van der Waals surface area contributed by atoms with Crippen LogP contribution in [0.25, 0.3) is 0 Å². The summed E-state index contributed by atoms with van der Waals surface area (Å²) in [7, 11) is 0. The first kappa shape index (κ1) is 23.0. The second kappa shape index (κ2) is 13.0. The Balaban J connectivity index is 1.73. The van der Waals surface area contributed by atoms with Crippen molar-refractivity contribution in [2.75, 3.05) is 37.5 Å². The van der Waals surface area contributed by atoms with Gasteiger partial charge in [0.05, 0.1) is 6.61 Å². The van der Waals surface area contributed by atoms with Gasteiger partial charge in [-0.3, -0.25) is 0 Å². The van der Waals surface area contributed by atoms with Crippen LogP contribution in [-0.4, -0.2) is 60.6 Å². The average Bonchev–Trinajstić information content (AvgIpc) is 2.75. The number of carbonyl (C=O) groups is 1. The number of benzene rings is 2. The molecule has 7 nitrogen and oxygen atoms in total. The second-order valence-corrected chi connectivity index (χ2v) is 6.91. The maximum absolute atomic E-state index is 11.6. The molecule has 8 heteroatoms. The van der Waals surface area contributed by atoms with E-state index in [2.05, 4.69) is 16.0 Å². The Morgan fingerprint density at radius 2 is 1.83 bits per heavy atom. The maximum Gasteiger partial charge on any atom is 0.319 e. The molecule has 2 amide bonds. The van der Waals surface area contributed by atoms with Crippen LogP contribution < -0.4 is 20.7 Å². The zero-order valence-electron chi connectivity index (χ0n) is 16.2. The van der Waals surface area contributed by atoms with Gasteiger partial charge in [0.1, 0.15) is 18.5 Å². The van der Waals surface area contributed by atoms with E-state index < -0.39 is 6.10 Å². The first-order chi connectivity index (χ1) is 14.1. The number of hydrogen-bond donors (Lipinski definition) is 5. The van der Waals surface area contributed by atoms with Crippen LogP contribution in [0.1, 0.15) is 5.56 Å². The Kier molecular flexibility index (Phi) is 10.3. The van der Waals surface area contributed by atoms with E-state index in [1.165, 1.54) is 0 Å². The van der Waals surface area contributed by atoms with Gasteiger partial charge in [0.2, 0.25) is 0 Å². The lowest BCUT2D eigenvalue weighted by Gasteiger charge is -2.19. The predicted octanol–water partition coefficient (Wildman–Crippen LogP) is 1.98. The predicted molar refractivity (Wildman–Crippen MR) is 115 cm³/mol. The number of amides is 2. The molecule has 0 saturated heterocycles. The molecular formula is C21H28ClN3O4. The third kappa shape index (κ3) is 9.15. The van der Waals surface area contributed by atoms with Crippen LogP contribution >= 0.6 is 11.6 Å². The summed E-state index contributed by atoms with van der Waals surface area (Å²) in [6, 6.07) is 16.2. The molecule has 0 fully saturated rings. The molecule has 0 bridgehead atoms. The SMILES string of the molecule is O=C(NCCCl)Nc1ccc(C[C@@H](CO)NC[C@H](O)COc2ccccc2)cc1. The Morgan fingerprint density at radius 3 is 2.48 bits per heavy atom. The minimum Gasteiger partial charge on any atom is -0.491 e. The summed E-state index contributed by atoms with van der Waals surface area (Å²) in [5.41, 5.74) is 1.67. The fraction of sp³-hybridized carbons (Fsp3) is 0.381. The minimum absolute atomic E-state index is 0.0624. The van der Waals surface area contributed by atoms with Crippen LogP contribution in [-0.2, 0) is 6.42 Å². The third-order valence-corrected chi connectivity index (χ3v) is 4.31. The van der Waals surface area contributed by atoms with Crippen molar-refractivity contribution in [2.45, 2.75) is 18.6 Å². The largest absolute Gasteiger partial charge is 0.491 e. The van der Waals surface area contributed by atoms with E-state index in [9.17, 15) is 15.0 Å². The summed E-state index contributed by atoms with van der Waals surface area (Å²) >= 11 is 5.53. The molecule has 2 aromatic rings. The van der Waals surface area contributed by atoms with E-state index in [4.69, 9.17) is 16.3 Å². The zero-order valence-corrected chi connectivity index (χ0v) is 16.9. The molecule has 0 aliphatic carbocycles. The zero-order chi connectivity index (χ0) is 20.9. The van der Waals surface area contributed by atoms with Crippen molar-refractivity contribution in [3.63, 3.8) is 0 Å². The first-order valence-corrected chi connectivity index (χ1v) is 10.0. The molecule has 0 unspecified atom stereocenters. The van der Waals surface area contributed by atoms with Crippen LogP contribution in [0.4, 0.5) is 10.5 Å². The maximum atomic E-state index is 11.6. The number of anilines is 1. The number of rotatable bonds is 12. The molecule has 0 saturated carbocycles. The number of para-hydroxylation sites is 1. The molecule has 0 aromatic heterocycles. The molecule has 2 rings (SSSR count). The van der Waals surface area contributed by atoms with Gasteiger partial charge in [0.25, 0.3) is 0 Å². The van der Waals surface area contributed by atoms with E-state index in [1.54, 1.807) is 12.1 Å². The van der Waals surface area contributed by atoms with E-state index in [1.807, 2.05) is 42.5 Å². The number of halogens is 1. The van der Waals surface area contributed by atoms with Gasteiger partial charge < -0.3 is 30.9 Å². The van der Waals surface area contributed by atoms with Gasteiger partial charge in [0.15, 0.2) is 0 Å². The molecule has 2 aromatic carbocycles. The van der Waals surface area contributed by atoms with Crippen molar-refractivity contribution >= 4 is 23.3 Å².